The molecule has 0 aromatic carbocycles. The van der Waals surface area contributed by atoms with Crippen LogP contribution in [0.25, 0.3) is 0 Å². The van der Waals surface area contributed by atoms with Gasteiger partial charge in [0.15, 0.2) is 0 Å². The van der Waals surface area contributed by atoms with Gasteiger partial charge in [0.05, 0.1) is 17.9 Å². The summed E-state index contributed by atoms with van der Waals surface area (Å²) in [5.41, 5.74) is 2.14. The second kappa shape index (κ2) is 6.11. The Bertz CT molecular complexity index is 448. The average molecular weight is 282 g/mol. The summed E-state index contributed by atoms with van der Waals surface area (Å²) in [5, 5.41) is 27.4. The predicted molar refractivity (Wildman–Crippen MR) is 78.7 cm³/mol. The maximum atomic E-state index is 9.73. The summed E-state index contributed by atoms with van der Waals surface area (Å²) in [6.45, 7) is 8.98. The number of nitrogens with one attached hydrogen (secondary N) is 1. The van der Waals surface area contributed by atoms with Gasteiger partial charge in [-0.1, -0.05) is 13.8 Å². The van der Waals surface area contributed by atoms with E-state index in [1.807, 2.05) is 23.6 Å². The summed E-state index contributed by atoms with van der Waals surface area (Å²) in [6.07, 6.45) is -1.36. The van der Waals surface area contributed by atoms with Crippen molar-refractivity contribution in [2.24, 2.45) is 13.0 Å². The lowest BCUT2D eigenvalue weighted by atomic mass is 10.2. The van der Waals surface area contributed by atoms with Gasteiger partial charge in [-0.15, -0.1) is 0 Å². The van der Waals surface area contributed by atoms with E-state index in [1.165, 1.54) is 0 Å². The molecule has 1 fully saturated rings. The van der Waals surface area contributed by atoms with Crippen LogP contribution < -0.4 is 10.2 Å². The van der Waals surface area contributed by atoms with Crippen LogP contribution in [-0.4, -0.2) is 51.8 Å². The Hall–Kier alpha value is -1.11. The Morgan fingerprint density at radius 1 is 1.30 bits per heavy atom. The Balaban J connectivity index is 2.15. The molecule has 0 bridgehead atoms. The molecule has 6 nitrogen and oxygen atoms in total. The first-order valence-electron chi connectivity index (χ1n) is 7.24. The molecule has 0 saturated carbocycles. The van der Waals surface area contributed by atoms with E-state index in [2.05, 4.69) is 24.3 Å². The number of hydrogen-bond donors (Lipinski definition) is 3. The van der Waals surface area contributed by atoms with E-state index in [4.69, 9.17) is 0 Å². The van der Waals surface area contributed by atoms with Gasteiger partial charge in [0, 0.05) is 32.2 Å². The molecule has 1 aromatic rings. The number of β-amino-alcohol motifs (C(OH)–C–C–N with tert-alkyl or cyclic N) is 2. The van der Waals surface area contributed by atoms with Crippen LogP contribution >= 0.6 is 0 Å². The Labute approximate surface area is 120 Å². The van der Waals surface area contributed by atoms with Crippen molar-refractivity contribution >= 4 is 5.82 Å². The molecule has 1 saturated heterocycles. The van der Waals surface area contributed by atoms with Gasteiger partial charge in [0.1, 0.15) is 5.82 Å². The topological polar surface area (TPSA) is 73.6 Å². The van der Waals surface area contributed by atoms with Crippen LogP contribution in [0.5, 0.6) is 0 Å². The van der Waals surface area contributed by atoms with Gasteiger partial charge in [-0.25, -0.2) is 0 Å². The van der Waals surface area contributed by atoms with Gasteiger partial charge >= 0.3 is 0 Å². The molecule has 2 heterocycles. The van der Waals surface area contributed by atoms with Crippen LogP contribution in [0.1, 0.15) is 25.1 Å². The zero-order valence-electron chi connectivity index (χ0n) is 12.8. The molecule has 2 unspecified atom stereocenters. The van der Waals surface area contributed by atoms with Crippen molar-refractivity contribution in [3.05, 3.63) is 11.3 Å². The first kappa shape index (κ1) is 15.3. The number of aromatic nitrogens is 2. The molecule has 20 heavy (non-hydrogen) atoms. The number of anilines is 1. The first-order valence-corrected chi connectivity index (χ1v) is 7.24. The van der Waals surface area contributed by atoms with Crippen molar-refractivity contribution < 1.29 is 10.2 Å². The molecular weight excluding hydrogens is 256 g/mol. The molecule has 2 atom stereocenters. The van der Waals surface area contributed by atoms with E-state index >= 15 is 0 Å². The molecule has 1 aromatic heterocycles. The molecule has 1 aliphatic rings. The minimum Gasteiger partial charge on any atom is -0.389 e. The van der Waals surface area contributed by atoms with E-state index in [9.17, 15) is 10.2 Å². The standard InChI is InChI=1S/C14H26N4O2/c1-9(2)5-15-6-11-10(3)16-17(4)14(11)18-7-12(19)13(20)8-18/h9,12-13,15,19-20H,5-8H2,1-4H3. The van der Waals surface area contributed by atoms with Crippen LogP contribution in [0.4, 0.5) is 5.82 Å². The quantitative estimate of drug-likeness (QED) is 0.710. The van der Waals surface area contributed by atoms with Gasteiger partial charge in [0.2, 0.25) is 0 Å². The fourth-order valence-electron chi connectivity index (χ4n) is 2.72. The summed E-state index contributed by atoms with van der Waals surface area (Å²) in [7, 11) is 1.91. The highest BCUT2D eigenvalue weighted by molar-refractivity contribution is 5.51. The minimum absolute atomic E-state index is 0.456. The van der Waals surface area contributed by atoms with Crippen molar-refractivity contribution in [2.75, 3.05) is 24.5 Å². The molecule has 1 aliphatic heterocycles. The zero-order valence-corrected chi connectivity index (χ0v) is 12.8. The summed E-state index contributed by atoms with van der Waals surface area (Å²) in [6, 6.07) is 0. The smallest absolute Gasteiger partial charge is 0.131 e. The van der Waals surface area contributed by atoms with Crippen LogP contribution in [0.2, 0.25) is 0 Å². The number of aliphatic hydroxyl groups is 2. The Morgan fingerprint density at radius 3 is 2.45 bits per heavy atom. The van der Waals surface area contributed by atoms with Crippen LogP contribution in [0.3, 0.4) is 0 Å². The van der Waals surface area contributed by atoms with Crippen LogP contribution in [0, 0.1) is 12.8 Å². The third kappa shape index (κ3) is 3.13. The van der Waals surface area contributed by atoms with Gasteiger partial charge in [-0.2, -0.15) is 5.10 Å². The second-order valence-corrected chi connectivity index (χ2v) is 6.08. The van der Waals surface area contributed by atoms with Crippen molar-refractivity contribution in [1.82, 2.24) is 15.1 Å². The highest BCUT2D eigenvalue weighted by atomic mass is 16.3. The SMILES string of the molecule is Cc1nn(C)c(N2CC(O)C(O)C2)c1CNCC(C)C. The average Bonchev–Trinajstić information content (AvgIpc) is 2.80. The van der Waals surface area contributed by atoms with Gasteiger partial charge in [0.25, 0.3) is 0 Å². The van der Waals surface area contributed by atoms with E-state index in [-0.39, 0.29) is 0 Å². The third-order valence-corrected chi connectivity index (χ3v) is 3.73. The first-order chi connectivity index (χ1) is 9.40. The normalized spacial score (nSPS) is 23.1. The van der Waals surface area contributed by atoms with E-state index < -0.39 is 12.2 Å². The minimum atomic E-state index is -0.679. The van der Waals surface area contributed by atoms with Gasteiger partial charge in [-0.3, -0.25) is 4.68 Å². The molecule has 2 rings (SSSR count). The number of aryl methyl sites for hydroxylation is 2. The lowest BCUT2D eigenvalue weighted by Gasteiger charge is -2.20. The fourth-order valence-corrected chi connectivity index (χ4v) is 2.72. The van der Waals surface area contributed by atoms with Gasteiger partial charge in [-0.05, 0) is 19.4 Å². The summed E-state index contributed by atoms with van der Waals surface area (Å²) < 4.78 is 1.84. The number of nitrogens with zero attached hydrogens (tertiary/aromatic N) is 3. The lowest BCUT2D eigenvalue weighted by molar-refractivity contribution is 0.0572. The van der Waals surface area contributed by atoms with Crippen LogP contribution in [-0.2, 0) is 13.6 Å². The maximum Gasteiger partial charge on any atom is 0.131 e. The predicted octanol–water partition coefficient (Wildman–Crippen LogP) is 0.0159. The third-order valence-electron chi connectivity index (χ3n) is 3.73. The molecule has 0 radical (unpaired) electrons. The van der Waals surface area contributed by atoms with Crippen molar-refractivity contribution in [1.29, 1.82) is 0 Å². The van der Waals surface area contributed by atoms with Crippen molar-refractivity contribution in [3.63, 3.8) is 0 Å². The summed E-state index contributed by atoms with van der Waals surface area (Å²) in [5.74, 6) is 1.60. The van der Waals surface area contributed by atoms with E-state index in [0.717, 1.165) is 30.2 Å². The van der Waals surface area contributed by atoms with Crippen LogP contribution in [0.15, 0.2) is 0 Å². The lowest BCUT2D eigenvalue weighted by Crippen LogP contribution is -2.26. The monoisotopic (exact) mass is 282 g/mol. The van der Waals surface area contributed by atoms with Crippen molar-refractivity contribution in [2.45, 2.75) is 39.5 Å². The molecule has 0 aliphatic carbocycles. The number of rotatable bonds is 5. The molecule has 3 N–H and O–H groups in total. The second-order valence-electron chi connectivity index (χ2n) is 6.08. The molecular formula is C14H26N4O2. The zero-order chi connectivity index (χ0) is 14.9. The fraction of sp³-hybridized carbons (Fsp3) is 0.786. The van der Waals surface area contributed by atoms with Gasteiger partial charge < -0.3 is 20.4 Å². The molecule has 114 valence electrons. The van der Waals surface area contributed by atoms with E-state index in [1.54, 1.807) is 0 Å². The van der Waals surface area contributed by atoms with E-state index in [0.29, 0.717) is 19.0 Å². The highest BCUT2D eigenvalue weighted by Gasteiger charge is 2.32. The molecule has 0 spiro atoms. The Morgan fingerprint density at radius 2 is 1.90 bits per heavy atom. The Kier molecular flexibility index (Phi) is 4.67. The summed E-state index contributed by atoms with van der Waals surface area (Å²) in [4.78, 5) is 2.02. The van der Waals surface area contributed by atoms with Crippen molar-refractivity contribution in [3.8, 4) is 0 Å². The highest BCUT2D eigenvalue weighted by Crippen LogP contribution is 2.26. The molecule has 0 amide bonds. The maximum absolute atomic E-state index is 9.73. The largest absolute Gasteiger partial charge is 0.389 e. The molecule has 6 heteroatoms. The summed E-state index contributed by atoms with van der Waals surface area (Å²) >= 11 is 0. The number of hydrogen-bond acceptors (Lipinski definition) is 5. The number of aliphatic hydroxyl groups excluding tert-OH is 2.